The summed E-state index contributed by atoms with van der Waals surface area (Å²) in [7, 11) is 1.81. The smallest absolute Gasteiger partial charge is 0.246 e. The zero-order valence-corrected chi connectivity index (χ0v) is 13.3. The fourth-order valence-electron chi connectivity index (χ4n) is 2.63. The molecule has 106 valence electrons. The van der Waals surface area contributed by atoms with Crippen molar-refractivity contribution in [2.45, 2.75) is 31.8 Å². The van der Waals surface area contributed by atoms with Gasteiger partial charge in [-0.2, -0.15) is 5.26 Å². The van der Waals surface area contributed by atoms with Crippen molar-refractivity contribution in [1.29, 1.82) is 5.26 Å². The molecule has 2 atom stereocenters. The Hall–Kier alpha value is -1.54. The Labute approximate surface area is 128 Å². The van der Waals surface area contributed by atoms with Gasteiger partial charge in [-0.25, -0.2) is 0 Å². The first kappa shape index (κ1) is 14.9. The highest BCUT2D eigenvalue weighted by atomic mass is 79.9. The first-order valence-corrected chi connectivity index (χ1v) is 7.49. The van der Waals surface area contributed by atoms with E-state index in [1.807, 2.05) is 31.3 Å². The van der Waals surface area contributed by atoms with Crippen LogP contribution in [-0.4, -0.2) is 36.5 Å². The van der Waals surface area contributed by atoms with Crippen LogP contribution in [0.3, 0.4) is 0 Å². The van der Waals surface area contributed by atoms with Gasteiger partial charge in [-0.05, 0) is 37.6 Å². The summed E-state index contributed by atoms with van der Waals surface area (Å²) >= 11 is 3.42. The molecule has 0 saturated carbocycles. The summed E-state index contributed by atoms with van der Waals surface area (Å²) < 4.78 is 1.00. The summed E-state index contributed by atoms with van der Waals surface area (Å²) in [6.07, 6.45) is 1.11. The molecule has 0 spiro atoms. The van der Waals surface area contributed by atoms with E-state index >= 15 is 0 Å². The number of hydrogen-bond donors (Lipinski definition) is 0. The summed E-state index contributed by atoms with van der Waals surface area (Å²) in [5.74, 6) is 0.0267. The van der Waals surface area contributed by atoms with Crippen LogP contribution in [0.4, 0.5) is 5.69 Å². The van der Waals surface area contributed by atoms with Gasteiger partial charge in [0.1, 0.15) is 6.04 Å². The van der Waals surface area contributed by atoms with Gasteiger partial charge in [0.2, 0.25) is 5.91 Å². The summed E-state index contributed by atoms with van der Waals surface area (Å²) in [5.41, 5.74) is 0.990. The summed E-state index contributed by atoms with van der Waals surface area (Å²) in [6.45, 7) is 2.84. The second kappa shape index (κ2) is 6.27. The molecule has 5 heteroatoms. The Balaban J connectivity index is 2.40. The van der Waals surface area contributed by atoms with Crippen LogP contribution in [0.25, 0.3) is 0 Å². The van der Waals surface area contributed by atoms with Gasteiger partial charge < -0.3 is 9.80 Å². The molecule has 1 heterocycles. The van der Waals surface area contributed by atoms with E-state index in [0.717, 1.165) is 23.1 Å². The molecule has 0 aliphatic carbocycles. The van der Waals surface area contributed by atoms with Crippen LogP contribution in [-0.2, 0) is 4.79 Å². The largest absolute Gasteiger partial charge is 0.356 e. The topological polar surface area (TPSA) is 47.3 Å². The number of carbonyl (C=O) groups is 1. The maximum Gasteiger partial charge on any atom is 0.246 e. The van der Waals surface area contributed by atoms with E-state index in [9.17, 15) is 4.79 Å². The Morgan fingerprint density at radius 2 is 2.05 bits per heavy atom. The minimum absolute atomic E-state index is 0.0267. The van der Waals surface area contributed by atoms with Crippen LogP contribution in [0.15, 0.2) is 28.7 Å². The van der Waals surface area contributed by atoms with Crippen molar-refractivity contribution in [3.8, 4) is 6.07 Å². The van der Waals surface area contributed by atoms with Crippen LogP contribution in [0.5, 0.6) is 0 Å². The molecule has 1 aromatic rings. The highest BCUT2D eigenvalue weighted by Crippen LogP contribution is 2.27. The normalized spacial score (nSPS) is 23.4. The van der Waals surface area contributed by atoms with Gasteiger partial charge in [0, 0.05) is 29.8 Å². The molecular formula is C15H18BrN3O. The molecule has 2 unspecified atom stereocenters. The number of carbonyl (C=O) groups excluding carboxylic acids is 1. The summed E-state index contributed by atoms with van der Waals surface area (Å²) in [6, 6.07) is 9.88. The Bertz CT molecular complexity index is 523. The van der Waals surface area contributed by atoms with Crippen molar-refractivity contribution < 1.29 is 4.79 Å². The third-order valence-corrected chi connectivity index (χ3v) is 4.29. The summed E-state index contributed by atoms with van der Waals surface area (Å²) in [5, 5.41) is 9.05. The lowest BCUT2D eigenvalue weighted by Gasteiger charge is -2.34. The lowest BCUT2D eigenvalue weighted by molar-refractivity contribution is -0.130. The highest BCUT2D eigenvalue weighted by Gasteiger charge is 2.34. The van der Waals surface area contributed by atoms with Gasteiger partial charge in [-0.1, -0.05) is 15.9 Å². The van der Waals surface area contributed by atoms with Crippen molar-refractivity contribution in [2.24, 2.45) is 0 Å². The van der Waals surface area contributed by atoms with Crippen molar-refractivity contribution in [3.63, 3.8) is 0 Å². The lowest BCUT2D eigenvalue weighted by Crippen LogP contribution is -2.47. The second-order valence-corrected chi connectivity index (χ2v) is 6.07. The van der Waals surface area contributed by atoms with Crippen molar-refractivity contribution in [3.05, 3.63) is 28.7 Å². The van der Waals surface area contributed by atoms with Crippen LogP contribution < -0.4 is 4.90 Å². The molecule has 1 fully saturated rings. The third kappa shape index (κ3) is 2.96. The number of benzene rings is 1. The molecule has 0 bridgehead atoms. The standard InChI is InChI=1S/C15H18BrN3O/c1-11-8-10-18(2)15(20)14(7-9-17)19(11)13-5-3-12(16)4-6-13/h3-6,11,14H,7-8,10H2,1-2H3. The number of nitriles is 1. The average molecular weight is 336 g/mol. The molecule has 0 radical (unpaired) electrons. The molecular weight excluding hydrogens is 318 g/mol. The minimum Gasteiger partial charge on any atom is -0.356 e. The van der Waals surface area contributed by atoms with E-state index in [0.29, 0.717) is 0 Å². The van der Waals surface area contributed by atoms with Gasteiger partial charge in [0.25, 0.3) is 0 Å². The van der Waals surface area contributed by atoms with Gasteiger partial charge in [0.05, 0.1) is 12.5 Å². The van der Waals surface area contributed by atoms with Crippen molar-refractivity contribution in [1.82, 2.24) is 4.90 Å². The quantitative estimate of drug-likeness (QED) is 0.834. The minimum atomic E-state index is -0.399. The molecule has 1 aliphatic rings. The van der Waals surface area contributed by atoms with Crippen LogP contribution >= 0.6 is 15.9 Å². The van der Waals surface area contributed by atoms with Crippen molar-refractivity contribution in [2.75, 3.05) is 18.5 Å². The number of anilines is 1. The van der Waals surface area contributed by atoms with Gasteiger partial charge >= 0.3 is 0 Å². The number of rotatable bonds is 2. The fraction of sp³-hybridized carbons (Fsp3) is 0.467. The maximum absolute atomic E-state index is 12.5. The van der Waals surface area contributed by atoms with E-state index in [2.05, 4.69) is 33.8 Å². The zero-order chi connectivity index (χ0) is 14.7. The van der Waals surface area contributed by atoms with Crippen molar-refractivity contribution >= 4 is 27.5 Å². The summed E-state index contributed by atoms with van der Waals surface area (Å²) in [4.78, 5) is 16.3. The number of amides is 1. The number of likely N-dealkylation sites (N-methyl/N-ethyl adjacent to an activating group) is 1. The van der Waals surface area contributed by atoms with Gasteiger partial charge in [0.15, 0.2) is 0 Å². The molecule has 1 amide bonds. The third-order valence-electron chi connectivity index (χ3n) is 3.76. The first-order chi connectivity index (χ1) is 9.54. The predicted octanol–water partition coefficient (Wildman–Crippen LogP) is 2.79. The number of nitrogens with zero attached hydrogens (tertiary/aromatic N) is 3. The predicted molar refractivity (Wildman–Crippen MR) is 82.4 cm³/mol. The van der Waals surface area contributed by atoms with E-state index in [-0.39, 0.29) is 18.4 Å². The Kier molecular flexibility index (Phi) is 4.66. The fourth-order valence-corrected chi connectivity index (χ4v) is 2.89. The lowest BCUT2D eigenvalue weighted by atomic mass is 10.1. The molecule has 0 N–H and O–H groups in total. The SMILES string of the molecule is CC1CCN(C)C(=O)C(CC#N)N1c1ccc(Br)cc1. The number of halogens is 1. The van der Waals surface area contributed by atoms with E-state index in [1.54, 1.807) is 4.90 Å². The van der Waals surface area contributed by atoms with Crippen LogP contribution in [0.2, 0.25) is 0 Å². The van der Waals surface area contributed by atoms with E-state index in [1.165, 1.54) is 0 Å². The zero-order valence-electron chi connectivity index (χ0n) is 11.7. The molecule has 1 aromatic carbocycles. The van der Waals surface area contributed by atoms with Gasteiger partial charge in [-0.3, -0.25) is 4.79 Å². The van der Waals surface area contributed by atoms with Crippen LogP contribution in [0.1, 0.15) is 19.8 Å². The first-order valence-electron chi connectivity index (χ1n) is 6.70. The van der Waals surface area contributed by atoms with Crippen LogP contribution in [0, 0.1) is 11.3 Å². The maximum atomic E-state index is 12.5. The average Bonchev–Trinajstić information content (AvgIpc) is 2.54. The van der Waals surface area contributed by atoms with E-state index in [4.69, 9.17) is 5.26 Å². The monoisotopic (exact) mass is 335 g/mol. The molecule has 1 saturated heterocycles. The van der Waals surface area contributed by atoms with Gasteiger partial charge in [-0.15, -0.1) is 0 Å². The van der Waals surface area contributed by atoms with E-state index < -0.39 is 6.04 Å². The molecule has 20 heavy (non-hydrogen) atoms. The molecule has 4 nitrogen and oxygen atoms in total. The second-order valence-electron chi connectivity index (χ2n) is 5.16. The molecule has 2 rings (SSSR count). The molecule has 0 aromatic heterocycles. The highest BCUT2D eigenvalue weighted by molar-refractivity contribution is 9.10. The number of hydrogen-bond acceptors (Lipinski definition) is 3. The molecule has 1 aliphatic heterocycles. The Morgan fingerprint density at radius 1 is 1.40 bits per heavy atom. The Morgan fingerprint density at radius 3 is 2.65 bits per heavy atom.